The van der Waals surface area contributed by atoms with E-state index in [-0.39, 0.29) is 0 Å². The van der Waals surface area contributed by atoms with E-state index in [1.165, 1.54) is 16.7 Å². The van der Waals surface area contributed by atoms with Crippen LogP contribution in [0.1, 0.15) is 24.2 Å². The monoisotopic (exact) mass is 406 g/mol. The van der Waals surface area contributed by atoms with Gasteiger partial charge >= 0.3 is 0 Å². The van der Waals surface area contributed by atoms with E-state index in [2.05, 4.69) is 56.2 Å². The standard InChI is InChI=1S/C24H30N4O2/c1-17-25-22-5-3-19(14-23(22)26-17)18-4-6-24-20(13-18)15-28(11-12-30-24)16-27-9-7-21(29-2)8-10-27/h3-6,13-14,21H,7-12,15-16H2,1-2H3,(H,25,26). The molecule has 0 atom stereocenters. The summed E-state index contributed by atoms with van der Waals surface area (Å²) in [5.74, 6) is 1.96. The molecule has 158 valence electrons. The van der Waals surface area contributed by atoms with Crippen LogP contribution in [0.25, 0.3) is 22.2 Å². The molecule has 0 bridgehead atoms. The molecule has 2 aliphatic heterocycles. The molecule has 1 N–H and O–H groups in total. The number of nitrogens with zero attached hydrogens (tertiary/aromatic N) is 3. The highest BCUT2D eigenvalue weighted by Gasteiger charge is 2.22. The van der Waals surface area contributed by atoms with Gasteiger partial charge in [0.2, 0.25) is 0 Å². The highest BCUT2D eigenvalue weighted by atomic mass is 16.5. The van der Waals surface area contributed by atoms with Gasteiger partial charge in [-0.1, -0.05) is 12.1 Å². The van der Waals surface area contributed by atoms with Gasteiger partial charge in [-0.15, -0.1) is 0 Å². The molecular formula is C24H30N4O2. The summed E-state index contributed by atoms with van der Waals surface area (Å²) in [7, 11) is 1.83. The molecule has 6 heteroatoms. The van der Waals surface area contributed by atoms with Crippen LogP contribution in [0, 0.1) is 6.92 Å². The minimum Gasteiger partial charge on any atom is -0.492 e. The second-order valence-electron chi connectivity index (χ2n) is 8.47. The summed E-state index contributed by atoms with van der Waals surface area (Å²) in [6.45, 7) is 7.79. The van der Waals surface area contributed by atoms with E-state index in [4.69, 9.17) is 9.47 Å². The SMILES string of the molecule is COC1CCN(CN2CCOc3ccc(-c4ccc5nc(C)[nH]c5c4)cc3C2)CC1. The molecule has 30 heavy (non-hydrogen) atoms. The van der Waals surface area contributed by atoms with Crippen molar-refractivity contribution in [2.75, 3.05) is 40.0 Å². The second kappa shape index (κ2) is 8.38. The first-order valence-electron chi connectivity index (χ1n) is 10.9. The fraction of sp³-hybridized carbons (Fsp3) is 0.458. The van der Waals surface area contributed by atoms with Crippen molar-refractivity contribution >= 4 is 11.0 Å². The summed E-state index contributed by atoms with van der Waals surface area (Å²) in [5, 5.41) is 0. The van der Waals surface area contributed by atoms with Crippen LogP contribution in [-0.4, -0.2) is 65.9 Å². The molecule has 5 rings (SSSR count). The highest BCUT2D eigenvalue weighted by Crippen LogP contribution is 2.31. The largest absolute Gasteiger partial charge is 0.492 e. The topological polar surface area (TPSA) is 53.6 Å². The lowest BCUT2D eigenvalue weighted by molar-refractivity contribution is 0.0193. The number of likely N-dealkylation sites (tertiary alicyclic amines) is 1. The molecule has 0 amide bonds. The number of fused-ring (bicyclic) bond motifs is 2. The van der Waals surface area contributed by atoms with Crippen molar-refractivity contribution in [3.63, 3.8) is 0 Å². The lowest BCUT2D eigenvalue weighted by Gasteiger charge is -2.34. The average Bonchev–Trinajstić information content (AvgIpc) is 3.02. The number of imidazole rings is 1. The quantitative estimate of drug-likeness (QED) is 0.714. The van der Waals surface area contributed by atoms with Gasteiger partial charge in [-0.05, 0) is 55.2 Å². The van der Waals surface area contributed by atoms with Gasteiger partial charge in [0, 0.05) is 38.9 Å². The summed E-state index contributed by atoms with van der Waals surface area (Å²) in [6.07, 6.45) is 2.67. The molecule has 2 aromatic carbocycles. The van der Waals surface area contributed by atoms with Crippen molar-refractivity contribution in [2.45, 2.75) is 32.4 Å². The zero-order valence-corrected chi connectivity index (χ0v) is 17.9. The molecule has 3 heterocycles. The van der Waals surface area contributed by atoms with Crippen LogP contribution in [0.3, 0.4) is 0 Å². The Balaban J connectivity index is 1.34. The van der Waals surface area contributed by atoms with Crippen molar-refractivity contribution in [2.24, 2.45) is 0 Å². The van der Waals surface area contributed by atoms with E-state index in [1.54, 1.807) is 0 Å². The maximum atomic E-state index is 6.07. The first kappa shape index (κ1) is 19.5. The van der Waals surface area contributed by atoms with Crippen LogP contribution in [-0.2, 0) is 11.3 Å². The molecule has 1 saturated heterocycles. The lowest BCUT2D eigenvalue weighted by atomic mass is 10.0. The first-order chi connectivity index (χ1) is 14.7. The minimum atomic E-state index is 0.424. The number of ether oxygens (including phenoxy) is 2. The van der Waals surface area contributed by atoms with Gasteiger partial charge < -0.3 is 14.5 Å². The van der Waals surface area contributed by atoms with E-state index in [1.807, 2.05) is 14.0 Å². The van der Waals surface area contributed by atoms with Crippen LogP contribution in [0.15, 0.2) is 36.4 Å². The Kier molecular flexibility index (Phi) is 5.46. The smallest absolute Gasteiger partial charge is 0.123 e. The Morgan fingerprint density at radius 2 is 1.87 bits per heavy atom. The van der Waals surface area contributed by atoms with Gasteiger partial charge in [-0.3, -0.25) is 9.80 Å². The number of piperidine rings is 1. The van der Waals surface area contributed by atoms with Crippen molar-refractivity contribution in [3.8, 4) is 16.9 Å². The van der Waals surface area contributed by atoms with Crippen molar-refractivity contribution < 1.29 is 9.47 Å². The van der Waals surface area contributed by atoms with E-state index < -0.39 is 0 Å². The molecule has 6 nitrogen and oxygen atoms in total. The number of nitrogens with one attached hydrogen (secondary N) is 1. The van der Waals surface area contributed by atoms with Crippen LogP contribution < -0.4 is 4.74 Å². The number of benzene rings is 2. The summed E-state index contributed by atoms with van der Waals surface area (Å²) >= 11 is 0. The molecule has 0 saturated carbocycles. The second-order valence-corrected chi connectivity index (χ2v) is 8.47. The summed E-state index contributed by atoms with van der Waals surface area (Å²) in [6, 6.07) is 13.0. The van der Waals surface area contributed by atoms with Gasteiger partial charge in [0.25, 0.3) is 0 Å². The predicted molar refractivity (Wildman–Crippen MR) is 119 cm³/mol. The van der Waals surface area contributed by atoms with Crippen LogP contribution >= 0.6 is 0 Å². The zero-order chi connectivity index (χ0) is 20.5. The van der Waals surface area contributed by atoms with Gasteiger partial charge in [0.1, 0.15) is 18.2 Å². The fourth-order valence-corrected chi connectivity index (χ4v) is 4.63. The number of aromatic amines is 1. The van der Waals surface area contributed by atoms with Crippen LogP contribution in [0.4, 0.5) is 0 Å². The zero-order valence-electron chi connectivity index (χ0n) is 17.9. The fourth-order valence-electron chi connectivity index (χ4n) is 4.63. The third-order valence-electron chi connectivity index (χ3n) is 6.32. The highest BCUT2D eigenvalue weighted by molar-refractivity contribution is 5.82. The van der Waals surface area contributed by atoms with E-state index in [0.717, 1.165) is 74.9 Å². The molecule has 1 aromatic heterocycles. The third kappa shape index (κ3) is 4.08. The van der Waals surface area contributed by atoms with E-state index in [9.17, 15) is 0 Å². The minimum absolute atomic E-state index is 0.424. The molecule has 0 aliphatic carbocycles. The number of hydrogen-bond acceptors (Lipinski definition) is 5. The molecule has 1 fully saturated rings. The van der Waals surface area contributed by atoms with E-state index in [0.29, 0.717) is 6.10 Å². The number of methoxy groups -OCH3 is 1. The summed E-state index contributed by atoms with van der Waals surface area (Å²) in [4.78, 5) is 12.9. The van der Waals surface area contributed by atoms with E-state index >= 15 is 0 Å². The van der Waals surface area contributed by atoms with Crippen LogP contribution in [0.5, 0.6) is 5.75 Å². The molecule has 3 aromatic rings. The maximum Gasteiger partial charge on any atom is 0.123 e. The molecular weight excluding hydrogens is 376 g/mol. The van der Waals surface area contributed by atoms with Gasteiger partial charge in [-0.25, -0.2) is 4.98 Å². The Morgan fingerprint density at radius 1 is 1.07 bits per heavy atom. The van der Waals surface area contributed by atoms with Crippen LogP contribution in [0.2, 0.25) is 0 Å². The predicted octanol–water partition coefficient (Wildman–Crippen LogP) is 3.80. The van der Waals surface area contributed by atoms with Crippen molar-refractivity contribution in [1.82, 2.24) is 19.8 Å². The van der Waals surface area contributed by atoms with Gasteiger partial charge in [0.15, 0.2) is 0 Å². The Morgan fingerprint density at radius 3 is 2.70 bits per heavy atom. The molecule has 2 aliphatic rings. The lowest BCUT2D eigenvalue weighted by Crippen LogP contribution is -2.44. The molecule has 0 radical (unpaired) electrons. The van der Waals surface area contributed by atoms with Crippen molar-refractivity contribution in [3.05, 3.63) is 47.8 Å². The average molecular weight is 407 g/mol. The number of hydrogen-bond donors (Lipinski definition) is 1. The normalized spacial score (nSPS) is 18.9. The number of rotatable bonds is 4. The summed E-state index contributed by atoms with van der Waals surface area (Å²) < 4.78 is 11.6. The maximum absolute atomic E-state index is 6.07. The Labute approximate surface area is 177 Å². The Hall–Kier alpha value is -2.41. The van der Waals surface area contributed by atoms with Gasteiger partial charge in [-0.2, -0.15) is 0 Å². The van der Waals surface area contributed by atoms with Crippen molar-refractivity contribution in [1.29, 1.82) is 0 Å². The molecule has 0 unspecified atom stereocenters. The Bertz CT molecular complexity index is 1020. The first-order valence-corrected chi connectivity index (χ1v) is 10.9. The molecule has 0 spiro atoms. The van der Waals surface area contributed by atoms with Gasteiger partial charge in [0.05, 0.1) is 23.8 Å². The number of H-pyrrole nitrogens is 1. The third-order valence-corrected chi connectivity index (χ3v) is 6.32. The number of aryl methyl sites for hydroxylation is 1. The summed E-state index contributed by atoms with van der Waals surface area (Å²) in [5.41, 5.74) is 5.77. The number of aromatic nitrogens is 2.